The van der Waals surface area contributed by atoms with Crippen LogP contribution in [0.2, 0.25) is 0 Å². The summed E-state index contributed by atoms with van der Waals surface area (Å²) in [6.07, 6.45) is 0. The summed E-state index contributed by atoms with van der Waals surface area (Å²) in [6, 6.07) is 20.8. The van der Waals surface area contributed by atoms with Gasteiger partial charge < -0.3 is 18.9 Å². The molecule has 0 saturated heterocycles. The SMILES string of the molecule is COc1cc(C(C)=O)ccc1OC(=O)c1ccccc1OCCOc1ccccc1. The molecule has 0 heterocycles. The Kier molecular flexibility index (Phi) is 7.05. The summed E-state index contributed by atoms with van der Waals surface area (Å²) in [6.45, 7) is 2.04. The second-order valence-corrected chi connectivity index (χ2v) is 6.32. The second-order valence-electron chi connectivity index (χ2n) is 6.32. The summed E-state index contributed by atoms with van der Waals surface area (Å²) in [5.41, 5.74) is 0.740. The molecule has 0 aromatic heterocycles. The zero-order chi connectivity index (χ0) is 21.3. The number of ether oxygens (including phenoxy) is 4. The first kappa shape index (κ1) is 20.9. The normalized spacial score (nSPS) is 10.2. The highest BCUT2D eigenvalue weighted by molar-refractivity contribution is 5.96. The van der Waals surface area contributed by atoms with Crippen molar-refractivity contribution in [2.45, 2.75) is 6.92 Å². The van der Waals surface area contributed by atoms with E-state index in [2.05, 4.69) is 0 Å². The first-order valence-electron chi connectivity index (χ1n) is 9.39. The zero-order valence-corrected chi connectivity index (χ0v) is 16.8. The second kappa shape index (κ2) is 10.1. The van der Waals surface area contributed by atoms with E-state index in [1.807, 2.05) is 30.3 Å². The van der Waals surface area contributed by atoms with Crippen molar-refractivity contribution in [2.75, 3.05) is 20.3 Å². The van der Waals surface area contributed by atoms with Gasteiger partial charge >= 0.3 is 5.97 Å². The van der Waals surface area contributed by atoms with Gasteiger partial charge in [-0.15, -0.1) is 0 Å². The molecule has 0 saturated carbocycles. The van der Waals surface area contributed by atoms with Gasteiger partial charge in [0.1, 0.15) is 30.3 Å². The summed E-state index contributed by atoms with van der Waals surface area (Å²) in [5, 5.41) is 0. The molecule has 0 aliphatic heterocycles. The van der Waals surface area contributed by atoms with E-state index in [4.69, 9.17) is 18.9 Å². The fraction of sp³-hybridized carbons (Fsp3) is 0.167. The van der Waals surface area contributed by atoms with Gasteiger partial charge in [0.25, 0.3) is 0 Å². The van der Waals surface area contributed by atoms with E-state index in [9.17, 15) is 9.59 Å². The maximum atomic E-state index is 12.7. The van der Waals surface area contributed by atoms with Crippen LogP contribution in [-0.4, -0.2) is 32.1 Å². The van der Waals surface area contributed by atoms with E-state index in [1.165, 1.54) is 26.2 Å². The first-order valence-corrected chi connectivity index (χ1v) is 9.39. The summed E-state index contributed by atoms with van der Waals surface area (Å²) in [5.74, 6) is 0.944. The fourth-order valence-corrected chi connectivity index (χ4v) is 2.71. The average Bonchev–Trinajstić information content (AvgIpc) is 2.77. The molecule has 0 aliphatic carbocycles. The Labute approximate surface area is 175 Å². The van der Waals surface area contributed by atoms with Crippen LogP contribution < -0.4 is 18.9 Å². The maximum Gasteiger partial charge on any atom is 0.347 e. The Bertz CT molecular complexity index is 1010. The number of hydrogen-bond acceptors (Lipinski definition) is 6. The lowest BCUT2D eigenvalue weighted by molar-refractivity contribution is 0.0724. The van der Waals surface area contributed by atoms with Gasteiger partial charge in [-0.25, -0.2) is 4.79 Å². The minimum atomic E-state index is -0.594. The largest absolute Gasteiger partial charge is 0.493 e. The first-order chi connectivity index (χ1) is 14.6. The quantitative estimate of drug-likeness (QED) is 0.224. The number of methoxy groups -OCH3 is 1. The molecule has 6 nitrogen and oxygen atoms in total. The van der Waals surface area contributed by atoms with Gasteiger partial charge in [0.2, 0.25) is 0 Å². The van der Waals surface area contributed by atoms with Gasteiger partial charge in [0, 0.05) is 5.56 Å². The van der Waals surface area contributed by atoms with E-state index in [0.717, 1.165) is 5.75 Å². The Morgan fingerprint density at radius 1 is 0.767 bits per heavy atom. The van der Waals surface area contributed by atoms with Gasteiger partial charge in [-0.05, 0) is 49.4 Å². The lowest BCUT2D eigenvalue weighted by Gasteiger charge is -2.13. The summed E-state index contributed by atoms with van der Waals surface area (Å²) in [4.78, 5) is 24.3. The lowest BCUT2D eigenvalue weighted by Crippen LogP contribution is -2.14. The van der Waals surface area contributed by atoms with Crippen LogP contribution in [0.4, 0.5) is 0 Å². The molecule has 0 radical (unpaired) electrons. The fourth-order valence-electron chi connectivity index (χ4n) is 2.71. The molecule has 0 unspecified atom stereocenters. The highest BCUT2D eigenvalue weighted by Gasteiger charge is 2.17. The number of ketones is 1. The lowest BCUT2D eigenvalue weighted by atomic mass is 10.1. The van der Waals surface area contributed by atoms with Gasteiger partial charge in [-0.1, -0.05) is 30.3 Å². The van der Waals surface area contributed by atoms with Gasteiger partial charge in [0.05, 0.1) is 7.11 Å². The Hall–Kier alpha value is -3.80. The third-order valence-electron chi connectivity index (χ3n) is 4.23. The summed E-state index contributed by atoms with van der Waals surface area (Å²) < 4.78 is 22.1. The molecule has 0 amide bonds. The number of hydrogen-bond donors (Lipinski definition) is 0. The van der Waals surface area contributed by atoms with E-state index >= 15 is 0 Å². The molecule has 154 valence electrons. The molecule has 3 aromatic rings. The predicted molar refractivity (Wildman–Crippen MR) is 112 cm³/mol. The number of para-hydroxylation sites is 2. The summed E-state index contributed by atoms with van der Waals surface area (Å²) in [7, 11) is 1.44. The number of rotatable bonds is 9. The number of benzene rings is 3. The van der Waals surface area contributed by atoms with Crippen LogP contribution in [-0.2, 0) is 0 Å². The standard InChI is InChI=1S/C24H22O6/c1-17(25)18-12-13-22(23(16-18)27-2)30-24(26)20-10-6-7-11-21(20)29-15-14-28-19-8-4-3-5-9-19/h3-13,16H,14-15H2,1-2H3. The molecule has 0 fully saturated rings. The van der Waals surface area contributed by atoms with E-state index in [0.29, 0.717) is 23.7 Å². The topological polar surface area (TPSA) is 71.1 Å². The van der Waals surface area contributed by atoms with Crippen LogP contribution in [0.1, 0.15) is 27.6 Å². The Morgan fingerprint density at radius 3 is 2.20 bits per heavy atom. The van der Waals surface area contributed by atoms with Gasteiger partial charge in [-0.2, -0.15) is 0 Å². The number of esters is 1. The van der Waals surface area contributed by atoms with Crippen molar-refractivity contribution in [3.8, 4) is 23.0 Å². The van der Waals surface area contributed by atoms with Gasteiger partial charge in [0.15, 0.2) is 17.3 Å². The van der Waals surface area contributed by atoms with Crippen LogP contribution >= 0.6 is 0 Å². The van der Waals surface area contributed by atoms with Crippen molar-refractivity contribution in [1.29, 1.82) is 0 Å². The van der Waals surface area contributed by atoms with Crippen LogP contribution in [0.3, 0.4) is 0 Å². The van der Waals surface area contributed by atoms with Crippen LogP contribution in [0.25, 0.3) is 0 Å². The van der Waals surface area contributed by atoms with Gasteiger partial charge in [-0.3, -0.25) is 4.79 Å². The van der Waals surface area contributed by atoms with Crippen molar-refractivity contribution in [1.82, 2.24) is 0 Å². The molecule has 3 rings (SSSR count). The van der Waals surface area contributed by atoms with Crippen molar-refractivity contribution in [3.63, 3.8) is 0 Å². The maximum absolute atomic E-state index is 12.7. The molecule has 30 heavy (non-hydrogen) atoms. The zero-order valence-electron chi connectivity index (χ0n) is 16.8. The van der Waals surface area contributed by atoms with Crippen molar-refractivity contribution in [2.24, 2.45) is 0 Å². The predicted octanol–water partition coefficient (Wildman–Crippen LogP) is 4.57. The smallest absolute Gasteiger partial charge is 0.347 e. The van der Waals surface area contributed by atoms with Crippen molar-refractivity contribution < 1.29 is 28.5 Å². The highest BCUT2D eigenvalue weighted by Crippen LogP contribution is 2.30. The van der Waals surface area contributed by atoms with Crippen molar-refractivity contribution in [3.05, 3.63) is 83.9 Å². The van der Waals surface area contributed by atoms with E-state index in [1.54, 1.807) is 30.3 Å². The monoisotopic (exact) mass is 406 g/mol. The summed E-state index contributed by atoms with van der Waals surface area (Å²) >= 11 is 0. The molecular weight excluding hydrogens is 384 g/mol. The molecule has 6 heteroatoms. The average molecular weight is 406 g/mol. The van der Waals surface area contributed by atoms with Crippen LogP contribution in [0, 0.1) is 0 Å². The van der Waals surface area contributed by atoms with Crippen molar-refractivity contribution >= 4 is 11.8 Å². The third kappa shape index (κ3) is 5.38. The number of carbonyl (C=O) groups excluding carboxylic acids is 2. The molecule has 0 aliphatic rings. The number of Topliss-reactive ketones (excluding diaryl/α,β-unsaturated/α-hetero) is 1. The number of carbonyl (C=O) groups is 2. The molecule has 0 atom stereocenters. The molecule has 0 bridgehead atoms. The minimum absolute atomic E-state index is 0.109. The van der Waals surface area contributed by atoms with Crippen LogP contribution in [0.15, 0.2) is 72.8 Å². The molecule has 3 aromatic carbocycles. The van der Waals surface area contributed by atoms with E-state index in [-0.39, 0.29) is 23.7 Å². The van der Waals surface area contributed by atoms with Crippen LogP contribution in [0.5, 0.6) is 23.0 Å². The highest BCUT2D eigenvalue weighted by atomic mass is 16.6. The third-order valence-corrected chi connectivity index (χ3v) is 4.23. The Balaban J connectivity index is 1.66. The molecule has 0 N–H and O–H groups in total. The van der Waals surface area contributed by atoms with E-state index < -0.39 is 5.97 Å². The Morgan fingerprint density at radius 2 is 1.47 bits per heavy atom. The molecular formula is C24H22O6. The minimum Gasteiger partial charge on any atom is -0.493 e. The molecule has 0 spiro atoms.